The maximum Gasteiger partial charge on any atom is 0.239 e. The van der Waals surface area contributed by atoms with Crippen LogP contribution in [0.15, 0.2) is 48.5 Å². The van der Waals surface area contributed by atoms with Gasteiger partial charge in [0.15, 0.2) is 0 Å². The molecular formula is C19H22N2O2. The van der Waals surface area contributed by atoms with E-state index in [1.807, 2.05) is 50.2 Å². The van der Waals surface area contributed by atoms with Crippen LogP contribution in [0.1, 0.15) is 25.0 Å². The largest absolute Gasteiger partial charge is 0.325 e. The van der Waals surface area contributed by atoms with Gasteiger partial charge in [0.1, 0.15) is 5.41 Å². The predicted molar refractivity (Wildman–Crippen MR) is 93.4 cm³/mol. The second kappa shape index (κ2) is 6.65. The summed E-state index contributed by atoms with van der Waals surface area (Å²) in [5.41, 5.74) is 2.18. The summed E-state index contributed by atoms with van der Waals surface area (Å²) in [4.78, 5) is 25.1. The highest BCUT2D eigenvalue weighted by molar-refractivity contribution is 6.14. The van der Waals surface area contributed by atoms with Crippen LogP contribution in [0.4, 0.5) is 11.4 Å². The van der Waals surface area contributed by atoms with Gasteiger partial charge in [-0.3, -0.25) is 9.59 Å². The Morgan fingerprint density at radius 2 is 1.30 bits per heavy atom. The van der Waals surface area contributed by atoms with E-state index in [4.69, 9.17) is 0 Å². The maximum absolute atomic E-state index is 12.6. The summed E-state index contributed by atoms with van der Waals surface area (Å²) in [6, 6.07) is 14.9. The van der Waals surface area contributed by atoms with E-state index < -0.39 is 5.41 Å². The lowest BCUT2D eigenvalue weighted by molar-refractivity contribution is -0.135. The van der Waals surface area contributed by atoms with E-state index in [9.17, 15) is 9.59 Å². The van der Waals surface area contributed by atoms with Gasteiger partial charge in [0.2, 0.25) is 11.8 Å². The standard InChI is InChI=1S/C19H22N2O2/c1-13-9-8-10-14(2)16(13)21-18(23)19(3,4)17(22)20-15-11-6-5-7-12-15/h5-12H,1-4H3,(H,20,22)(H,21,23). The normalized spacial score (nSPS) is 11.0. The first-order valence-electron chi connectivity index (χ1n) is 7.56. The summed E-state index contributed by atoms with van der Waals surface area (Å²) in [5, 5.41) is 5.66. The van der Waals surface area contributed by atoms with Crippen LogP contribution in [0, 0.1) is 19.3 Å². The minimum atomic E-state index is -1.19. The summed E-state index contributed by atoms with van der Waals surface area (Å²) in [5.74, 6) is -0.671. The Kier molecular flexibility index (Phi) is 4.84. The first kappa shape index (κ1) is 16.7. The van der Waals surface area contributed by atoms with Crippen molar-refractivity contribution in [1.82, 2.24) is 0 Å². The van der Waals surface area contributed by atoms with Gasteiger partial charge in [0.25, 0.3) is 0 Å². The molecule has 2 aromatic rings. The van der Waals surface area contributed by atoms with E-state index in [0.29, 0.717) is 5.69 Å². The third kappa shape index (κ3) is 3.77. The van der Waals surface area contributed by atoms with Crippen LogP contribution in [-0.2, 0) is 9.59 Å². The molecule has 0 aliphatic heterocycles. The molecule has 2 N–H and O–H groups in total. The molecule has 0 aliphatic rings. The van der Waals surface area contributed by atoms with Crippen molar-refractivity contribution in [2.45, 2.75) is 27.7 Å². The Morgan fingerprint density at radius 3 is 1.87 bits per heavy atom. The van der Waals surface area contributed by atoms with Crippen LogP contribution in [0.5, 0.6) is 0 Å². The molecule has 0 saturated carbocycles. The van der Waals surface area contributed by atoms with Gasteiger partial charge in [-0.1, -0.05) is 36.4 Å². The van der Waals surface area contributed by atoms with Gasteiger partial charge in [-0.05, 0) is 51.0 Å². The lowest BCUT2D eigenvalue weighted by Gasteiger charge is -2.24. The number of para-hydroxylation sites is 2. The van der Waals surface area contributed by atoms with Gasteiger partial charge in [0, 0.05) is 11.4 Å². The first-order valence-corrected chi connectivity index (χ1v) is 7.56. The topological polar surface area (TPSA) is 58.2 Å². The minimum absolute atomic E-state index is 0.330. The van der Waals surface area contributed by atoms with Crippen molar-refractivity contribution in [1.29, 1.82) is 0 Å². The summed E-state index contributed by atoms with van der Waals surface area (Å²) in [6.07, 6.45) is 0. The van der Waals surface area contributed by atoms with Crippen LogP contribution in [-0.4, -0.2) is 11.8 Å². The number of amides is 2. The number of hydrogen-bond donors (Lipinski definition) is 2. The van der Waals surface area contributed by atoms with E-state index in [-0.39, 0.29) is 11.8 Å². The molecule has 4 nitrogen and oxygen atoms in total. The van der Waals surface area contributed by atoms with Gasteiger partial charge < -0.3 is 10.6 Å². The third-order valence-corrected chi connectivity index (χ3v) is 3.89. The fraction of sp³-hybridized carbons (Fsp3) is 0.263. The zero-order chi connectivity index (χ0) is 17.0. The predicted octanol–water partition coefficient (Wildman–Crippen LogP) is 3.91. The zero-order valence-electron chi connectivity index (χ0n) is 13.9. The summed E-state index contributed by atoms with van der Waals surface area (Å²) >= 11 is 0. The number of anilines is 2. The van der Waals surface area contributed by atoms with Crippen LogP contribution < -0.4 is 10.6 Å². The molecule has 0 spiro atoms. The van der Waals surface area contributed by atoms with Crippen molar-refractivity contribution in [2.75, 3.05) is 10.6 Å². The molecule has 2 amide bonds. The van der Waals surface area contributed by atoms with Crippen LogP contribution >= 0.6 is 0 Å². The Labute approximate surface area is 136 Å². The van der Waals surface area contributed by atoms with Crippen molar-refractivity contribution < 1.29 is 9.59 Å². The highest BCUT2D eigenvalue weighted by Crippen LogP contribution is 2.25. The fourth-order valence-corrected chi connectivity index (χ4v) is 2.19. The number of carbonyl (C=O) groups is 2. The monoisotopic (exact) mass is 310 g/mol. The molecule has 0 bridgehead atoms. The fourth-order valence-electron chi connectivity index (χ4n) is 2.19. The van der Waals surface area contributed by atoms with E-state index in [2.05, 4.69) is 10.6 Å². The Balaban J connectivity index is 2.15. The van der Waals surface area contributed by atoms with Crippen molar-refractivity contribution in [3.63, 3.8) is 0 Å². The van der Waals surface area contributed by atoms with Crippen molar-refractivity contribution >= 4 is 23.2 Å². The molecule has 2 rings (SSSR count). The molecule has 4 heteroatoms. The number of carbonyl (C=O) groups excluding carboxylic acids is 2. The minimum Gasteiger partial charge on any atom is -0.325 e. The quantitative estimate of drug-likeness (QED) is 0.841. The molecule has 0 aliphatic carbocycles. The molecule has 0 saturated heterocycles. The number of benzene rings is 2. The summed E-state index contributed by atoms with van der Waals surface area (Å²) < 4.78 is 0. The van der Waals surface area contributed by atoms with Crippen LogP contribution in [0.2, 0.25) is 0 Å². The summed E-state index contributed by atoms with van der Waals surface area (Å²) in [6.45, 7) is 7.10. The van der Waals surface area contributed by atoms with Crippen molar-refractivity contribution in [3.8, 4) is 0 Å². The van der Waals surface area contributed by atoms with Crippen molar-refractivity contribution in [3.05, 3.63) is 59.7 Å². The molecule has 23 heavy (non-hydrogen) atoms. The molecule has 2 aromatic carbocycles. The van der Waals surface area contributed by atoms with E-state index in [1.54, 1.807) is 26.0 Å². The second-order valence-corrected chi connectivity index (χ2v) is 6.17. The van der Waals surface area contributed by atoms with Crippen molar-refractivity contribution in [2.24, 2.45) is 5.41 Å². The van der Waals surface area contributed by atoms with Crippen LogP contribution in [0.3, 0.4) is 0 Å². The lowest BCUT2D eigenvalue weighted by Crippen LogP contribution is -2.41. The van der Waals surface area contributed by atoms with Gasteiger partial charge in [0.05, 0.1) is 0 Å². The molecule has 0 radical (unpaired) electrons. The Morgan fingerprint density at radius 1 is 0.783 bits per heavy atom. The average molecular weight is 310 g/mol. The number of hydrogen-bond acceptors (Lipinski definition) is 2. The molecule has 0 atom stereocenters. The highest BCUT2D eigenvalue weighted by Gasteiger charge is 2.36. The Hall–Kier alpha value is -2.62. The van der Waals surface area contributed by atoms with Gasteiger partial charge in [-0.25, -0.2) is 0 Å². The highest BCUT2D eigenvalue weighted by atomic mass is 16.2. The molecule has 120 valence electrons. The molecule has 0 heterocycles. The van der Waals surface area contributed by atoms with Gasteiger partial charge in [-0.2, -0.15) is 0 Å². The Bertz CT molecular complexity index is 701. The molecule has 0 fully saturated rings. The van der Waals surface area contributed by atoms with E-state index in [0.717, 1.165) is 16.8 Å². The van der Waals surface area contributed by atoms with Gasteiger partial charge >= 0.3 is 0 Å². The summed E-state index contributed by atoms with van der Waals surface area (Å²) in [7, 11) is 0. The van der Waals surface area contributed by atoms with Gasteiger partial charge in [-0.15, -0.1) is 0 Å². The molecule has 0 unspecified atom stereocenters. The number of aryl methyl sites for hydroxylation is 2. The maximum atomic E-state index is 12.6. The number of nitrogens with one attached hydrogen (secondary N) is 2. The zero-order valence-corrected chi connectivity index (χ0v) is 13.9. The van der Waals surface area contributed by atoms with E-state index >= 15 is 0 Å². The molecule has 0 aromatic heterocycles. The van der Waals surface area contributed by atoms with E-state index in [1.165, 1.54) is 0 Å². The lowest BCUT2D eigenvalue weighted by atomic mass is 9.90. The van der Waals surface area contributed by atoms with Crippen LogP contribution in [0.25, 0.3) is 0 Å². The second-order valence-electron chi connectivity index (χ2n) is 6.17. The SMILES string of the molecule is Cc1cccc(C)c1NC(=O)C(C)(C)C(=O)Nc1ccccc1. The molecular weight excluding hydrogens is 288 g/mol. The number of rotatable bonds is 4. The smallest absolute Gasteiger partial charge is 0.239 e. The average Bonchev–Trinajstić information content (AvgIpc) is 2.51. The first-order chi connectivity index (χ1) is 10.8. The third-order valence-electron chi connectivity index (χ3n) is 3.89.